The summed E-state index contributed by atoms with van der Waals surface area (Å²) in [5.41, 5.74) is 0.0251. The average Bonchev–Trinajstić information content (AvgIpc) is 3.72. The first-order valence-electron chi connectivity index (χ1n) is 12.5. The van der Waals surface area contributed by atoms with Crippen molar-refractivity contribution in [2.75, 3.05) is 44.3 Å². The fourth-order valence-corrected chi connectivity index (χ4v) is 5.10. The van der Waals surface area contributed by atoms with Gasteiger partial charge in [-0.1, -0.05) is 0 Å². The second-order valence-corrected chi connectivity index (χ2v) is 9.94. The summed E-state index contributed by atoms with van der Waals surface area (Å²) in [7, 11) is 0. The molecule has 0 spiro atoms. The van der Waals surface area contributed by atoms with Crippen LogP contribution in [0, 0.1) is 5.82 Å². The van der Waals surface area contributed by atoms with Gasteiger partial charge in [-0.05, 0) is 25.0 Å². The third-order valence-electron chi connectivity index (χ3n) is 7.48. The van der Waals surface area contributed by atoms with Crippen LogP contribution >= 0.6 is 0 Å². The SMILES string of the molecule is CC(=O)N1CCN(c2cc3c(cc2F)c(=O)c(C(=O)NC2CO[C@H](CO)[C@@H](O)[C@@H]2O)cn3C2CC2)CC1. The normalized spacial score (nSPS) is 26.4. The minimum absolute atomic E-state index is 0.0259. The number of carbonyl (C=O) groups is 2. The average molecular weight is 519 g/mol. The maximum Gasteiger partial charge on any atom is 0.257 e. The second-order valence-electron chi connectivity index (χ2n) is 9.94. The summed E-state index contributed by atoms with van der Waals surface area (Å²) in [5.74, 6) is -1.38. The van der Waals surface area contributed by atoms with Gasteiger partial charge in [-0.3, -0.25) is 14.4 Å². The van der Waals surface area contributed by atoms with E-state index in [9.17, 15) is 29.7 Å². The summed E-state index contributed by atoms with van der Waals surface area (Å²) in [6.45, 7) is 2.74. The van der Waals surface area contributed by atoms with Gasteiger partial charge in [-0.2, -0.15) is 0 Å². The molecule has 4 N–H and O–H groups in total. The Morgan fingerprint density at radius 1 is 1.14 bits per heavy atom. The molecule has 37 heavy (non-hydrogen) atoms. The van der Waals surface area contributed by atoms with Gasteiger partial charge in [0.25, 0.3) is 5.91 Å². The van der Waals surface area contributed by atoms with Crippen molar-refractivity contribution in [3.8, 4) is 0 Å². The molecule has 1 aromatic heterocycles. The molecule has 5 rings (SSSR count). The molecule has 11 nitrogen and oxygen atoms in total. The Bertz CT molecular complexity index is 1270. The highest BCUT2D eigenvalue weighted by Crippen LogP contribution is 2.38. The molecule has 12 heteroatoms. The molecule has 2 aliphatic heterocycles. The molecule has 1 saturated carbocycles. The quantitative estimate of drug-likeness (QED) is 0.409. The number of pyridine rings is 1. The summed E-state index contributed by atoms with van der Waals surface area (Å²) in [4.78, 5) is 41.6. The standard InChI is InChI=1S/C25H31FN4O7/c1-13(32)28-4-6-29(7-5-28)20-9-19-15(8-17(20)26)22(33)16(10-30(19)14-2-3-14)25(36)27-18-12-37-21(11-31)24(35)23(18)34/h8-10,14,18,21,23-24,31,34-35H,2-7,11-12H2,1H3,(H,27,36)/t18?,21-,23-,24-/m1/s1. The van der Waals surface area contributed by atoms with Crippen LogP contribution in [0.4, 0.5) is 10.1 Å². The molecule has 1 unspecified atom stereocenters. The molecule has 4 atom stereocenters. The molecule has 1 aliphatic carbocycles. The van der Waals surface area contributed by atoms with Crippen LogP contribution in [0.25, 0.3) is 10.9 Å². The first-order chi connectivity index (χ1) is 17.7. The number of nitrogens with zero attached hydrogens (tertiary/aromatic N) is 3. The number of carbonyl (C=O) groups excluding carboxylic acids is 2. The minimum Gasteiger partial charge on any atom is -0.394 e. The number of aromatic nitrogens is 1. The van der Waals surface area contributed by atoms with E-state index in [2.05, 4.69) is 5.32 Å². The van der Waals surface area contributed by atoms with Gasteiger partial charge in [0.2, 0.25) is 11.3 Å². The molecule has 0 bridgehead atoms. The molecule has 3 heterocycles. The minimum atomic E-state index is -1.41. The predicted molar refractivity (Wildman–Crippen MR) is 131 cm³/mol. The van der Waals surface area contributed by atoms with Gasteiger partial charge in [0, 0.05) is 50.7 Å². The second kappa shape index (κ2) is 10.0. The molecule has 1 aromatic carbocycles. The van der Waals surface area contributed by atoms with E-state index in [1.807, 2.05) is 9.47 Å². The first-order valence-corrected chi connectivity index (χ1v) is 12.5. The Hall–Kier alpha value is -3.06. The largest absolute Gasteiger partial charge is 0.394 e. The smallest absolute Gasteiger partial charge is 0.257 e. The highest BCUT2D eigenvalue weighted by molar-refractivity contribution is 5.98. The van der Waals surface area contributed by atoms with E-state index < -0.39 is 48.1 Å². The summed E-state index contributed by atoms with van der Waals surface area (Å²) >= 11 is 0. The molecule has 2 saturated heterocycles. The molecule has 2 amide bonds. The predicted octanol–water partition coefficient (Wildman–Crippen LogP) is -0.645. The highest BCUT2D eigenvalue weighted by Gasteiger charge is 2.39. The van der Waals surface area contributed by atoms with E-state index >= 15 is 4.39 Å². The number of ether oxygens (including phenoxy) is 1. The van der Waals surface area contributed by atoms with Crippen LogP contribution in [0.3, 0.4) is 0 Å². The van der Waals surface area contributed by atoms with Gasteiger partial charge >= 0.3 is 0 Å². The lowest BCUT2D eigenvalue weighted by molar-refractivity contribution is -0.159. The van der Waals surface area contributed by atoms with Crippen LogP contribution in [-0.4, -0.2) is 100 Å². The zero-order valence-electron chi connectivity index (χ0n) is 20.5. The van der Waals surface area contributed by atoms with Crippen LogP contribution in [0.1, 0.15) is 36.2 Å². The topological polar surface area (TPSA) is 145 Å². The van der Waals surface area contributed by atoms with Crippen molar-refractivity contribution < 1.29 is 34.0 Å². The number of rotatable bonds is 5. The van der Waals surface area contributed by atoms with E-state index in [0.29, 0.717) is 37.4 Å². The Labute approximate surface area is 212 Å². The molecule has 200 valence electrons. The molecular weight excluding hydrogens is 487 g/mol. The lowest BCUT2D eigenvalue weighted by atomic mass is 9.98. The maximum absolute atomic E-state index is 15.3. The van der Waals surface area contributed by atoms with Crippen molar-refractivity contribution in [2.45, 2.75) is 50.2 Å². The Balaban J connectivity index is 1.45. The summed E-state index contributed by atoms with van der Waals surface area (Å²) in [6, 6.07) is 1.87. The van der Waals surface area contributed by atoms with Gasteiger partial charge in [-0.15, -0.1) is 0 Å². The molecular formula is C25H31FN4O7. The van der Waals surface area contributed by atoms with E-state index in [0.717, 1.165) is 18.9 Å². The monoisotopic (exact) mass is 518 g/mol. The van der Waals surface area contributed by atoms with E-state index in [4.69, 9.17) is 4.74 Å². The van der Waals surface area contributed by atoms with Crippen molar-refractivity contribution in [3.05, 3.63) is 39.9 Å². The number of halogens is 1. The molecule has 2 aromatic rings. The molecule has 3 aliphatic rings. The van der Waals surface area contributed by atoms with Gasteiger partial charge in [0.05, 0.1) is 30.5 Å². The number of fused-ring (bicyclic) bond motifs is 1. The summed E-state index contributed by atoms with van der Waals surface area (Å²) in [5, 5.41) is 32.3. The lowest BCUT2D eigenvalue weighted by Crippen LogP contribution is -2.60. The zero-order valence-corrected chi connectivity index (χ0v) is 20.5. The van der Waals surface area contributed by atoms with Gasteiger partial charge < -0.3 is 39.7 Å². The summed E-state index contributed by atoms with van der Waals surface area (Å²) in [6.07, 6.45) is -0.604. The van der Waals surface area contributed by atoms with Crippen molar-refractivity contribution in [3.63, 3.8) is 0 Å². The Kier molecular flexibility index (Phi) is 6.92. The number of hydrogen-bond acceptors (Lipinski definition) is 8. The van der Waals surface area contributed by atoms with E-state index in [1.54, 1.807) is 11.0 Å². The van der Waals surface area contributed by atoms with Gasteiger partial charge in [-0.25, -0.2) is 4.39 Å². The number of amides is 2. The van der Waals surface area contributed by atoms with Crippen LogP contribution in [0.5, 0.6) is 0 Å². The number of anilines is 1. The fraction of sp³-hybridized carbons (Fsp3) is 0.560. The molecule has 0 radical (unpaired) electrons. The van der Waals surface area contributed by atoms with Crippen molar-refractivity contribution in [1.82, 2.24) is 14.8 Å². The fourth-order valence-electron chi connectivity index (χ4n) is 5.10. The Morgan fingerprint density at radius 2 is 1.84 bits per heavy atom. The van der Waals surface area contributed by atoms with Crippen LogP contribution in [0.15, 0.2) is 23.1 Å². The first kappa shape index (κ1) is 25.6. The van der Waals surface area contributed by atoms with Gasteiger partial charge in [0.1, 0.15) is 29.7 Å². The summed E-state index contributed by atoms with van der Waals surface area (Å²) < 4.78 is 22.4. The highest BCUT2D eigenvalue weighted by atomic mass is 19.1. The Morgan fingerprint density at radius 3 is 2.46 bits per heavy atom. The third kappa shape index (κ3) is 4.81. The van der Waals surface area contributed by atoms with Crippen LogP contribution in [-0.2, 0) is 9.53 Å². The van der Waals surface area contributed by atoms with Crippen molar-refractivity contribution in [2.24, 2.45) is 0 Å². The number of piperazine rings is 1. The van der Waals surface area contributed by atoms with Gasteiger partial charge in [0.15, 0.2) is 0 Å². The number of aliphatic hydroxyl groups is 3. The van der Waals surface area contributed by atoms with Crippen molar-refractivity contribution >= 4 is 28.4 Å². The molecule has 3 fully saturated rings. The number of aliphatic hydroxyl groups excluding tert-OH is 3. The van der Waals surface area contributed by atoms with Crippen LogP contribution in [0.2, 0.25) is 0 Å². The number of hydrogen-bond donors (Lipinski definition) is 4. The zero-order chi connectivity index (χ0) is 26.4. The van der Waals surface area contributed by atoms with Crippen LogP contribution < -0.4 is 15.6 Å². The maximum atomic E-state index is 15.3. The third-order valence-corrected chi connectivity index (χ3v) is 7.48. The van der Waals surface area contributed by atoms with E-state index in [-0.39, 0.29) is 29.5 Å². The number of benzene rings is 1. The number of nitrogens with one attached hydrogen (secondary N) is 1. The van der Waals surface area contributed by atoms with E-state index in [1.165, 1.54) is 13.1 Å². The lowest BCUT2D eigenvalue weighted by Gasteiger charge is -2.37. The van der Waals surface area contributed by atoms with Crippen molar-refractivity contribution in [1.29, 1.82) is 0 Å².